The Morgan fingerprint density at radius 2 is 2.20 bits per heavy atom. The van der Waals surface area contributed by atoms with Gasteiger partial charge in [-0.15, -0.1) is 0 Å². The molecule has 2 aliphatic rings. The van der Waals surface area contributed by atoms with Gasteiger partial charge in [-0.25, -0.2) is 0 Å². The van der Waals surface area contributed by atoms with Gasteiger partial charge in [0.15, 0.2) is 0 Å². The lowest BCUT2D eigenvalue weighted by Gasteiger charge is -2.32. The third-order valence-corrected chi connectivity index (χ3v) is 4.24. The van der Waals surface area contributed by atoms with Crippen molar-refractivity contribution in [3.8, 4) is 0 Å². The van der Waals surface area contributed by atoms with Crippen molar-refractivity contribution in [3.63, 3.8) is 0 Å². The van der Waals surface area contributed by atoms with Gasteiger partial charge in [-0.2, -0.15) is 5.10 Å². The second kappa shape index (κ2) is 6.70. The first-order valence-electron chi connectivity index (χ1n) is 7.72. The van der Waals surface area contributed by atoms with Crippen LogP contribution in [0.2, 0.25) is 0 Å². The summed E-state index contributed by atoms with van der Waals surface area (Å²) in [5.41, 5.74) is 1.30. The minimum absolute atomic E-state index is 0.350. The molecule has 0 bridgehead atoms. The average Bonchev–Trinajstić information content (AvgIpc) is 3.10. The zero-order valence-electron chi connectivity index (χ0n) is 12.3. The molecule has 0 saturated carbocycles. The third kappa shape index (κ3) is 3.81. The van der Waals surface area contributed by atoms with Crippen LogP contribution in [0.3, 0.4) is 0 Å². The van der Waals surface area contributed by atoms with Crippen LogP contribution in [0.5, 0.6) is 0 Å². The van der Waals surface area contributed by atoms with E-state index in [0.29, 0.717) is 12.2 Å². The van der Waals surface area contributed by atoms with Gasteiger partial charge in [0, 0.05) is 45.0 Å². The van der Waals surface area contributed by atoms with Crippen molar-refractivity contribution in [1.29, 1.82) is 0 Å². The summed E-state index contributed by atoms with van der Waals surface area (Å²) in [4.78, 5) is 2.49. The lowest BCUT2D eigenvalue weighted by atomic mass is 10.1. The topological polar surface area (TPSA) is 39.5 Å². The Kier molecular flexibility index (Phi) is 4.70. The number of ether oxygens (including phenoxy) is 2. The van der Waals surface area contributed by atoms with Crippen LogP contribution in [0, 0.1) is 0 Å². The summed E-state index contributed by atoms with van der Waals surface area (Å²) < 4.78 is 13.5. The van der Waals surface area contributed by atoms with Gasteiger partial charge in [0.1, 0.15) is 0 Å². The van der Waals surface area contributed by atoms with Gasteiger partial charge >= 0.3 is 0 Å². The van der Waals surface area contributed by atoms with Gasteiger partial charge < -0.3 is 9.47 Å². The van der Waals surface area contributed by atoms with E-state index in [9.17, 15) is 0 Å². The molecule has 0 N–H and O–H groups in total. The second-order valence-corrected chi connectivity index (χ2v) is 5.97. The number of hydrogen-bond acceptors (Lipinski definition) is 4. The van der Waals surface area contributed by atoms with Crippen molar-refractivity contribution in [2.45, 2.75) is 44.4 Å². The molecular weight excluding hydrogens is 254 g/mol. The molecule has 112 valence electrons. The van der Waals surface area contributed by atoms with Gasteiger partial charge in [-0.1, -0.05) is 0 Å². The van der Waals surface area contributed by atoms with Crippen molar-refractivity contribution >= 4 is 0 Å². The zero-order chi connectivity index (χ0) is 13.8. The SMILES string of the molecule is Cn1cc(CN2CCC(OCC3CCCO3)CC2)cn1. The van der Waals surface area contributed by atoms with E-state index in [1.54, 1.807) is 0 Å². The molecule has 2 saturated heterocycles. The number of aromatic nitrogens is 2. The van der Waals surface area contributed by atoms with Crippen molar-refractivity contribution in [2.75, 3.05) is 26.3 Å². The molecule has 0 amide bonds. The Morgan fingerprint density at radius 3 is 2.85 bits per heavy atom. The molecule has 1 aromatic rings. The lowest BCUT2D eigenvalue weighted by molar-refractivity contribution is -0.0426. The molecule has 1 unspecified atom stereocenters. The quantitative estimate of drug-likeness (QED) is 0.820. The normalized spacial score (nSPS) is 25.4. The maximum Gasteiger partial charge on any atom is 0.0809 e. The van der Waals surface area contributed by atoms with Crippen LogP contribution in [0.4, 0.5) is 0 Å². The van der Waals surface area contributed by atoms with Gasteiger partial charge in [0.25, 0.3) is 0 Å². The number of hydrogen-bond donors (Lipinski definition) is 0. The fourth-order valence-corrected chi connectivity index (χ4v) is 3.06. The summed E-state index contributed by atoms with van der Waals surface area (Å²) in [6.07, 6.45) is 9.45. The summed E-state index contributed by atoms with van der Waals surface area (Å²) in [6.45, 7) is 4.94. The monoisotopic (exact) mass is 279 g/mol. The highest BCUT2D eigenvalue weighted by Crippen LogP contribution is 2.18. The van der Waals surface area contributed by atoms with Crippen LogP contribution in [0.25, 0.3) is 0 Å². The number of aryl methyl sites for hydroxylation is 1. The highest BCUT2D eigenvalue weighted by Gasteiger charge is 2.22. The van der Waals surface area contributed by atoms with E-state index >= 15 is 0 Å². The van der Waals surface area contributed by atoms with Gasteiger partial charge in [-0.05, 0) is 25.7 Å². The summed E-state index contributed by atoms with van der Waals surface area (Å²) in [6, 6.07) is 0. The predicted molar refractivity (Wildman–Crippen MR) is 76.4 cm³/mol. The van der Waals surface area contributed by atoms with Crippen LogP contribution in [-0.2, 0) is 23.1 Å². The highest BCUT2D eigenvalue weighted by atomic mass is 16.5. The molecule has 3 rings (SSSR count). The minimum atomic E-state index is 0.350. The molecular formula is C15H25N3O2. The second-order valence-electron chi connectivity index (χ2n) is 5.97. The van der Waals surface area contributed by atoms with Crippen LogP contribution in [0.15, 0.2) is 12.4 Å². The summed E-state index contributed by atoms with van der Waals surface area (Å²) in [5, 5.41) is 4.22. The van der Waals surface area contributed by atoms with Crippen molar-refractivity contribution in [1.82, 2.24) is 14.7 Å². The first-order chi connectivity index (χ1) is 9.79. The van der Waals surface area contributed by atoms with Crippen LogP contribution >= 0.6 is 0 Å². The molecule has 2 fully saturated rings. The van der Waals surface area contributed by atoms with E-state index in [4.69, 9.17) is 9.47 Å². The number of likely N-dealkylation sites (tertiary alicyclic amines) is 1. The van der Waals surface area contributed by atoms with E-state index < -0.39 is 0 Å². The van der Waals surface area contributed by atoms with Crippen molar-refractivity contribution in [2.24, 2.45) is 7.05 Å². The van der Waals surface area contributed by atoms with Gasteiger partial charge in [-0.3, -0.25) is 9.58 Å². The molecule has 20 heavy (non-hydrogen) atoms. The molecule has 0 radical (unpaired) electrons. The molecule has 5 nitrogen and oxygen atoms in total. The van der Waals surface area contributed by atoms with Crippen molar-refractivity contribution < 1.29 is 9.47 Å². The summed E-state index contributed by atoms with van der Waals surface area (Å²) in [7, 11) is 1.97. The highest BCUT2D eigenvalue weighted by molar-refractivity contribution is 5.03. The first-order valence-corrected chi connectivity index (χ1v) is 7.72. The van der Waals surface area contributed by atoms with Gasteiger partial charge in [0.2, 0.25) is 0 Å². The molecule has 0 aliphatic carbocycles. The lowest BCUT2D eigenvalue weighted by Crippen LogP contribution is -2.37. The largest absolute Gasteiger partial charge is 0.376 e. The summed E-state index contributed by atoms with van der Waals surface area (Å²) in [5.74, 6) is 0. The zero-order valence-corrected chi connectivity index (χ0v) is 12.3. The smallest absolute Gasteiger partial charge is 0.0809 e. The van der Waals surface area contributed by atoms with E-state index in [1.165, 1.54) is 18.4 Å². The van der Waals surface area contributed by atoms with Crippen LogP contribution in [-0.4, -0.2) is 53.2 Å². The predicted octanol–water partition coefficient (Wildman–Crippen LogP) is 1.58. The maximum absolute atomic E-state index is 6.00. The van der Waals surface area contributed by atoms with Crippen LogP contribution < -0.4 is 0 Å². The Morgan fingerprint density at radius 1 is 1.35 bits per heavy atom. The first kappa shape index (κ1) is 14.0. The Labute approximate surface area is 120 Å². The third-order valence-electron chi connectivity index (χ3n) is 4.24. The van der Waals surface area contributed by atoms with Crippen LogP contribution in [0.1, 0.15) is 31.2 Å². The van der Waals surface area contributed by atoms with E-state index in [-0.39, 0.29) is 0 Å². The number of piperidine rings is 1. The molecule has 3 heterocycles. The molecule has 2 aliphatic heterocycles. The average molecular weight is 279 g/mol. The fraction of sp³-hybridized carbons (Fsp3) is 0.800. The summed E-state index contributed by atoms with van der Waals surface area (Å²) >= 11 is 0. The number of nitrogens with zero attached hydrogens (tertiary/aromatic N) is 3. The number of rotatable bonds is 5. The molecule has 1 aromatic heterocycles. The Balaban J connectivity index is 1.36. The van der Waals surface area contributed by atoms with E-state index in [2.05, 4.69) is 16.2 Å². The molecule has 0 spiro atoms. The van der Waals surface area contributed by atoms with Gasteiger partial charge in [0.05, 0.1) is 25.0 Å². The Hall–Kier alpha value is -0.910. The van der Waals surface area contributed by atoms with E-state index in [1.807, 2.05) is 17.9 Å². The molecule has 1 atom stereocenters. The van der Waals surface area contributed by atoms with Crippen molar-refractivity contribution in [3.05, 3.63) is 18.0 Å². The molecule has 5 heteroatoms. The maximum atomic E-state index is 6.00. The minimum Gasteiger partial charge on any atom is -0.376 e. The molecule has 0 aromatic carbocycles. The standard InChI is InChI=1S/C15H25N3O2/c1-17-10-13(9-16-17)11-18-6-4-14(5-7-18)20-12-15-3-2-8-19-15/h9-10,14-15H,2-8,11-12H2,1H3. The Bertz CT molecular complexity index is 407. The fourth-order valence-electron chi connectivity index (χ4n) is 3.06. The van der Waals surface area contributed by atoms with E-state index in [0.717, 1.165) is 45.7 Å².